The number of hydrogen-bond acceptors (Lipinski definition) is 7. The van der Waals surface area contributed by atoms with Crippen molar-refractivity contribution < 1.29 is 27.7 Å². The van der Waals surface area contributed by atoms with E-state index in [1.807, 2.05) is 13.8 Å². The van der Waals surface area contributed by atoms with Crippen molar-refractivity contribution in [3.63, 3.8) is 0 Å². The first-order valence-corrected chi connectivity index (χ1v) is 15.0. The predicted molar refractivity (Wildman–Crippen MR) is 160 cm³/mol. The first-order chi connectivity index (χ1) is 20.0. The van der Waals surface area contributed by atoms with Gasteiger partial charge in [-0.2, -0.15) is 0 Å². The van der Waals surface area contributed by atoms with Crippen LogP contribution in [0.25, 0.3) is 0 Å². The van der Waals surface area contributed by atoms with E-state index in [0.717, 1.165) is 10.4 Å². The molecule has 3 aromatic carbocycles. The summed E-state index contributed by atoms with van der Waals surface area (Å²) in [5.74, 6) is -0.395. The zero-order chi connectivity index (χ0) is 30.9. The van der Waals surface area contributed by atoms with Gasteiger partial charge in [-0.1, -0.05) is 50.2 Å². The topological polar surface area (TPSA) is 139 Å². The van der Waals surface area contributed by atoms with Crippen LogP contribution in [-0.2, 0) is 26.2 Å². The number of amides is 2. The Bertz CT molecular complexity index is 1480. The molecule has 0 aliphatic carbocycles. The molecule has 0 fully saturated rings. The maximum Gasteiger partial charge on any atom is 0.271 e. The number of carbonyl (C=O) groups is 2. The highest BCUT2D eigenvalue weighted by atomic mass is 32.2. The monoisotopic (exact) mass is 596 g/mol. The molecule has 2 atom stereocenters. The molecule has 3 aromatic rings. The van der Waals surface area contributed by atoms with E-state index in [-0.39, 0.29) is 41.2 Å². The number of nitrogens with one attached hydrogen (secondary N) is 1. The number of nitrogens with zero attached hydrogens (tertiary/aromatic N) is 3. The number of benzene rings is 3. The fraction of sp³-hybridized carbons (Fsp3) is 0.333. The van der Waals surface area contributed by atoms with Crippen LogP contribution in [0, 0.1) is 10.1 Å². The highest BCUT2D eigenvalue weighted by molar-refractivity contribution is 7.92. The molecule has 42 heavy (non-hydrogen) atoms. The molecule has 0 saturated carbocycles. The number of nitro groups is 1. The molecule has 0 aromatic heterocycles. The maximum absolute atomic E-state index is 14.1. The lowest BCUT2D eigenvalue weighted by Crippen LogP contribution is -2.53. The Balaban J connectivity index is 2.08. The molecule has 0 saturated heterocycles. The molecular formula is C30H36N4O7S. The van der Waals surface area contributed by atoms with Gasteiger partial charge >= 0.3 is 0 Å². The summed E-state index contributed by atoms with van der Waals surface area (Å²) in [6.07, 6.45) is 0.955. The summed E-state index contributed by atoms with van der Waals surface area (Å²) in [5.41, 5.74) is 0.317. The van der Waals surface area contributed by atoms with Crippen molar-refractivity contribution in [3.05, 3.63) is 94.5 Å². The van der Waals surface area contributed by atoms with Gasteiger partial charge in [0, 0.05) is 24.7 Å². The third-order valence-electron chi connectivity index (χ3n) is 6.84. The second-order valence-corrected chi connectivity index (χ2v) is 11.6. The minimum Gasteiger partial charge on any atom is -0.497 e. The molecule has 0 bridgehead atoms. The molecule has 0 spiro atoms. The third-order valence-corrected chi connectivity index (χ3v) is 8.63. The smallest absolute Gasteiger partial charge is 0.271 e. The van der Waals surface area contributed by atoms with Crippen molar-refractivity contribution in [2.45, 2.75) is 57.1 Å². The summed E-state index contributed by atoms with van der Waals surface area (Å²) in [4.78, 5) is 39.6. The average molecular weight is 597 g/mol. The molecule has 12 heteroatoms. The van der Waals surface area contributed by atoms with Crippen LogP contribution in [0.15, 0.2) is 83.8 Å². The van der Waals surface area contributed by atoms with Crippen LogP contribution in [-0.4, -0.2) is 55.8 Å². The third kappa shape index (κ3) is 7.84. The number of hydrogen-bond donors (Lipinski definition) is 1. The molecular weight excluding hydrogens is 560 g/mol. The van der Waals surface area contributed by atoms with E-state index in [9.17, 15) is 28.1 Å². The zero-order valence-electron chi connectivity index (χ0n) is 24.1. The Morgan fingerprint density at radius 3 is 2.21 bits per heavy atom. The van der Waals surface area contributed by atoms with Crippen molar-refractivity contribution in [1.82, 2.24) is 10.2 Å². The second kappa shape index (κ2) is 14.4. The fourth-order valence-corrected chi connectivity index (χ4v) is 5.73. The van der Waals surface area contributed by atoms with Gasteiger partial charge in [0.05, 0.1) is 22.6 Å². The highest BCUT2D eigenvalue weighted by Gasteiger charge is 2.34. The second-order valence-electron chi connectivity index (χ2n) is 9.71. The summed E-state index contributed by atoms with van der Waals surface area (Å²) in [6.45, 7) is 4.88. The van der Waals surface area contributed by atoms with Gasteiger partial charge in [0.1, 0.15) is 18.3 Å². The van der Waals surface area contributed by atoms with Gasteiger partial charge in [-0.05, 0) is 55.7 Å². The fourth-order valence-electron chi connectivity index (χ4n) is 4.30. The van der Waals surface area contributed by atoms with Crippen molar-refractivity contribution in [2.75, 3.05) is 18.0 Å². The molecule has 1 N–H and O–H groups in total. The van der Waals surface area contributed by atoms with E-state index in [1.54, 1.807) is 49.4 Å². The van der Waals surface area contributed by atoms with Crippen LogP contribution in [0.1, 0.15) is 39.2 Å². The largest absolute Gasteiger partial charge is 0.497 e. The molecule has 3 rings (SSSR count). The standard InChI is InChI=1S/C30H36N4O7S/c1-5-22(3)31-30(36)28(6-2)32(20-23-15-17-26(41-4)18-16-23)29(35)21-33(24-11-10-12-25(19-24)34(37)38)42(39,40)27-13-8-7-9-14-27/h7-19,22,28H,5-6,20-21H2,1-4H3,(H,31,36)/t22-,28-/m1/s1. The summed E-state index contributed by atoms with van der Waals surface area (Å²) >= 11 is 0. The lowest BCUT2D eigenvalue weighted by Gasteiger charge is -2.33. The SMILES string of the molecule is CC[C@@H](C)NC(=O)[C@@H](CC)N(Cc1ccc(OC)cc1)C(=O)CN(c1cccc([N+](=O)[O-])c1)S(=O)(=O)c1ccccc1. The summed E-state index contributed by atoms with van der Waals surface area (Å²) < 4.78 is 33.8. The normalized spacial score (nSPS) is 12.6. The number of sulfonamides is 1. The summed E-state index contributed by atoms with van der Waals surface area (Å²) in [5, 5.41) is 14.4. The van der Waals surface area contributed by atoms with E-state index < -0.39 is 33.4 Å². The predicted octanol–water partition coefficient (Wildman–Crippen LogP) is 4.52. The quantitative estimate of drug-likeness (QED) is 0.213. The zero-order valence-corrected chi connectivity index (χ0v) is 24.9. The van der Waals surface area contributed by atoms with E-state index in [0.29, 0.717) is 17.7 Å². The number of non-ortho nitro benzene ring substituents is 1. The van der Waals surface area contributed by atoms with Gasteiger partial charge in [0.25, 0.3) is 15.7 Å². The Kier molecular flexibility index (Phi) is 11.0. The van der Waals surface area contributed by atoms with E-state index in [2.05, 4.69) is 5.32 Å². The first-order valence-electron chi connectivity index (χ1n) is 13.6. The lowest BCUT2D eigenvalue weighted by atomic mass is 10.1. The first kappa shape index (κ1) is 32.1. The molecule has 0 aliphatic rings. The molecule has 2 amide bonds. The van der Waals surface area contributed by atoms with E-state index in [1.165, 1.54) is 42.3 Å². The number of methoxy groups -OCH3 is 1. The Labute approximate surface area is 246 Å². The van der Waals surface area contributed by atoms with Crippen molar-refractivity contribution in [1.29, 1.82) is 0 Å². The van der Waals surface area contributed by atoms with Crippen LogP contribution in [0.2, 0.25) is 0 Å². The van der Waals surface area contributed by atoms with E-state index in [4.69, 9.17) is 4.74 Å². The highest BCUT2D eigenvalue weighted by Crippen LogP contribution is 2.28. The number of carbonyl (C=O) groups excluding carboxylic acids is 2. The Hall–Kier alpha value is -4.45. The minimum absolute atomic E-state index is 0.0173. The van der Waals surface area contributed by atoms with Crippen LogP contribution < -0.4 is 14.4 Å². The number of rotatable bonds is 14. The van der Waals surface area contributed by atoms with Gasteiger partial charge in [0.15, 0.2) is 0 Å². The van der Waals surface area contributed by atoms with Gasteiger partial charge in [-0.3, -0.25) is 24.0 Å². The van der Waals surface area contributed by atoms with Crippen molar-refractivity contribution >= 4 is 33.2 Å². The Morgan fingerprint density at radius 2 is 1.64 bits per heavy atom. The van der Waals surface area contributed by atoms with Gasteiger partial charge < -0.3 is 15.0 Å². The Morgan fingerprint density at radius 1 is 0.976 bits per heavy atom. The van der Waals surface area contributed by atoms with Crippen LogP contribution in [0.4, 0.5) is 11.4 Å². The molecule has 224 valence electrons. The minimum atomic E-state index is -4.34. The molecule has 0 radical (unpaired) electrons. The van der Waals surface area contributed by atoms with Crippen molar-refractivity contribution in [2.24, 2.45) is 0 Å². The average Bonchev–Trinajstić information content (AvgIpc) is 3.00. The van der Waals surface area contributed by atoms with Crippen LogP contribution in [0.5, 0.6) is 5.75 Å². The number of anilines is 1. The molecule has 0 unspecified atom stereocenters. The van der Waals surface area contributed by atoms with Gasteiger partial charge in [-0.25, -0.2) is 8.42 Å². The summed E-state index contributed by atoms with van der Waals surface area (Å²) in [6, 6.07) is 18.5. The van der Waals surface area contributed by atoms with Crippen molar-refractivity contribution in [3.8, 4) is 5.75 Å². The molecule has 0 aliphatic heterocycles. The van der Waals surface area contributed by atoms with E-state index >= 15 is 0 Å². The van der Waals surface area contributed by atoms with Crippen LogP contribution >= 0.6 is 0 Å². The maximum atomic E-state index is 14.1. The summed E-state index contributed by atoms with van der Waals surface area (Å²) in [7, 11) is -2.80. The lowest BCUT2D eigenvalue weighted by molar-refractivity contribution is -0.384. The molecule has 0 heterocycles. The number of ether oxygens (including phenoxy) is 1. The number of nitro benzene ring substituents is 1. The van der Waals surface area contributed by atoms with Gasteiger partial charge in [-0.15, -0.1) is 0 Å². The molecule has 11 nitrogen and oxygen atoms in total. The van der Waals surface area contributed by atoms with Crippen LogP contribution in [0.3, 0.4) is 0 Å². The van der Waals surface area contributed by atoms with Gasteiger partial charge in [0.2, 0.25) is 11.8 Å².